The van der Waals surface area contributed by atoms with Crippen molar-refractivity contribution in [1.82, 2.24) is 15.2 Å². The molecule has 0 saturated heterocycles. The maximum absolute atomic E-state index is 12.6. The molecule has 0 unspecified atom stereocenters. The van der Waals surface area contributed by atoms with Gasteiger partial charge in [-0.2, -0.15) is 20.1 Å². The monoisotopic (exact) mass is 435 g/mol. The fourth-order valence-corrected chi connectivity index (χ4v) is 2.92. The van der Waals surface area contributed by atoms with E-state index in [-0.39, 0.29) is 16.8 Å². The van der Waals surface area contributed by atoms with E-state index in [4.69, 9.17) is 0 Å². The lowest BCUT2D eigenvalue weighted by molar-refractivity contribution is 0.0947. The predicted molar refractivity (Wildman–Crippen MR) is 108 cm³/mol. The van der Waals surface area contributed by atoms with Gasteiger partial charge in [-0.1, -0.05) is 46.3 Å². The number of rotatable bonds is 4. The number of hydrogen-bond donors (Lipinski definition) is 1. The third-order valence-corrected chi connectivity index (χ3v) is 4.39. The molecule has 0 aliphatic rings. The molecule has 0 atom stereocenters. The van der Waals surface area contributed by atoms with Crippen LogP contribution in [-0.2, 0) is 0 Å². The molecule has 138 valence electrons. The van der Waals surface area contributed by atoms with E-state index in [2.05, 4.69) is 31.6 Å². The molecule has 0 saturated carbocycles. The third kappa shape index (κ3) is 4.05. The summed E-state index contributed by atoms with van der Waals surface area (Å²) >= 11 is 3.36. The number of amides is 1. The van der Waals surface area contributed by atoms with Crippen molar-refractivity contribution < 1.29 is 4.79 Å². The first-order chi connectivity index (χ1) is 13.5. The van der Waals surface area contributed by atoms with Crippen molar-refractivity contribution in [2.24, 2.45) is 5.10 Å². The van der Waals surface area contributed by atoms with Gasteiger partial charge in [-0.25, -0.2) is 5.43 Å². The van der Waals surface area contributed by atoms with Gasteiger partial charge < -0.3 is 0 Å². The molecule has 3 rings (SSSR count). The van der Waals surface area contributed by atoms with Crippen LogP contribution in [0.3, 0.4) is 0 Å². The number of benzene rings is 2. The van der Waals surface area contributed by atoms with Gasteiger partial charge in [0, 0.05) is 10.0 Å². The van der Waals surface area contributed by atoms with Crippen LogP contribution in [0.25, 0.3) is 5.69 Å². The number of nitrogens with zero attached hydrogens (tertiary/aromatic N) is 4. The Labute approximate surface area is 169 Å². The summed E-state index contributed by atoms with van der Waals surface area (Å²) in [5.41, 5.74) is 3.06. The number of hydrogen-bond acceptors (Lipinski definition) is 5. The van der Waals surface area contributed by atoms with Crippen LogP contribution in [0.4, 0.5) is 0 Å². The molecule has 28 heavy (non-hydrogen) atoms. The number of nitrogens with one attached hydrogen (secondary N) is 1. The van der Waals surface area contributed by atoms with Gasteiger partial charge in [-0.05, 0) is 36.8 Å². The van der Waals surface area contributed by atoms with Crippen LogP contribution < -0.4 is 11.0 Å². The molecular weight excluding hydrogens is 422 g/mol. The molecule has 0 bridgehead atoms. The molecule has 7 nitrogen and oxygen atoms in total. The number of aromatic nitrogens is 2. The zero-order chi connectivity index (χ0) is 20.1. The van der Waals surface area contributed by atoms with Crippen molar-refractivity contribution in [2.75, 3.05) is 0 Å². The first kappa shape index (κ1) is 19.2. The highest BCUT2D eigenvalue weighted by Crippen LogP contribution is 2.11. The minimum atomic E-state index is -0.620. The standard InChI is InChI=1S/C20H14BrN5O2/c1-13-17(11-22)20(28)26(16-8-3-2-4-9-16)25-18(13)19(27)24-23-12-14-6-5-7-15(21)10-14/h2-10,12H,1H3,(H,24,27)/b23-12+. The maximum atomic E-state index is 12.6. The van der Waals surface area contributed by atoms with Crippen molar-refractivity contribution in [1.29, 1.82) is 5.26 Å². The minimum absolute atomic E-state index is 0.0496. The van der Waals surface area contributed by atoms with E-state index in [0.717, 1.165) is 14.7 Å². The smallest absolute Gasteiger partial charge is 0.266 e. The lowest BCUT2D eigenvalue weighted by atomic mass is 10.1. The van der Waals surface area contributed by atoms with Crippen molar-refractivity contribution in [3.05, 3.63) is 91.8 Å². The van der Waals surface area contributed by atoms with Crippen LogP contribution >= 0.6 is 15.9 Å². The highest BCUT2D eigenvalue weighted by Gasteiger charge is 2.19. The molecule has 1 heterocycles. The van der Waals surface area contributed by atoms with Gasteiger partial charge in [-0.15, -0.1) is 0 Å². The summed E-state index contributed by atoms with van der Waals surface area (Å²) in [5.74, 6) is -0.620. The van der Waals surface area contributed by atoms with Gasteiger partial charge in [0.2, 0.25) is 0 Å². The number of carbonyl (C=O) groups is 1. The number of hydrazone groups is 1. The molecule has 3 aromatic rings. The number of nitriles is 1. The third-order valence-electron chi connectivity index (χ3n) is 3.89. The average Bonchev–Trinajstić information content (AvgIpc) is 2.69. The normalized spacial score (nSPS) is 10.6. The Morgan fingerprint density at radius 2 is 2.00 bits per heavy atom. The molecule has 0 spiro atoms. The first-order valence-corrected chi connectivity index (χ1v) is 8.99. The van der Waals surface area contributed by atoms with E-state index in [1.165, 1.54) is 13.1 Å². The summed E-state index contributed by atoms with van der Waals surface area (Å²) in [6.07, 6.45) is 1.48. The second-order valence-electron chi connectivity index (χ2n) is 5.77. The van der Waals surface area contributed by atoms with Gasteiger partial charge >= 0.3 is 0 Å². The van der Waals surface area contributed by atoms with E-state index in [1.807, 2.05) is 30.3 Å². The second-order valence-corrected chi connectivity index (χ2v) is 6.68. The molecule has 1 amide bonds. The highest BCUT2D eigenvalue weighted by atomic mass is 79.9. The van der Waals surface area contributed by atoms with E-state index in [1.54, 1.807) is 30.3 Å². The zero-order valence-corrected chi connectivity index (χ0v) is 16.3. The van der Waals surface area contributed by atoms with Crippen molar-refractivity contribution in [3.8, 4) is 11.8 Å². The Kier molecular flexibility index (Phi) is 5.77. The van der Waals surface area contributed by atoms with Crippen molar-refractivity contribution in [2.45, 2.75) is 6.92 Å². The number of carbonyl (C=O) groups excluding carboxylic acids is 1. The quantitative estimate of drug-likeness (QED) is 0.502. The van der Waals surface area contributed by atoms with Crippen LogP contribution in [0.5, 0.6) is 0 Å². The Hall–Kier alpha value is -3.57. The molecule has 0 aliphatic carbocycles. The minimum Gasteiger partial charge on any atom is -0.266 e. The van der Waals surface area contributed by atoms with Crippen LogP contribution in [-0.4, -0.2) is 21.9 Å². The SMILES string of the molecule is Cc1c(C(=O)N/N=C/c2cccc(Br)c2)nn(-c2ccccc2)c(=O)c1C#N. The number of para-hydroxylation sites is 1. The van der Waals surface area contributed by atoms with Gasteiger partial charge in [-0.3, -0.25) is 9.59 Å². The Bertz CT molecular complexity index is 1160. The molecule has 0 fully saturated rings. The van der Waals surface area contributed by atoms with Gasteiger partial charge in [0.25, 0.3) is 11.5 Å². The van der Waals surface area contributed by atoms with Gasteiger partial charge in [0.15, 0.2) is 5.69 Å². The Morgan fingerprint density at radius 1 is 1.25 bits per heavy atom. The van der Waals surface area contributed by atoms with Crippen LogP contribution in [0.15, 0.2) is 69.0 Å². The van der Waals surface area contributed by atoms with E-state index in [0.29, 0.717) is 5.69 Å². The highest BCUT2D eigenvalue weighted by molar-refractivity contribution is 9.10. The maximum Gasteiger partial charge on any atom is 0.292 e. The second kappa shape index (κ2) is 8.41. The lowest BCUT2D eigenvalue weighted by Gasteiger charge is -2.10. The summed E-state index contributed by atoms with van der Waals surface area (Å²) in [4.78, 5) is 25.1. The lowest BCUT2D eigenvalue weighted by Crippen LogP contribution is -2.31. The van der Waals surface area contributed by atoms with Gasteiger partial charge in [0.05, 0.1) is 11.9 Å². The zero-order valence-electron chi connectivity index (χ0n) is 14.8. The molecule has 1 aromatic heterocycles. The van der Waals surface area contributed by atoms with Crippen LogP contribution in [0.2, 0.25) is 0 Å². The molecular formula is C20H14BrN5O2. The fraction of sp³-hybridized carbons (Fsp3) is 0.0500. The van der Waals surface area contributed by atoms with E-state index < -0.39 is 11.5 Å². The van der Waals surface area contributed by atoms with E-state index in [9.17, 15) is 14.9 Å². The number of halogens is 1. The van der Waals surface area contributed by atoms with Crippen LogP contribution in [0.1, 0.15) is 27.2 Å². The van der Waals surface area contributed by atoms with Crippen LogP contribution in [0, 0.1) is 18.3 Å². The predicted octanol–water partition coefficient (Wildman–Crippen LogP) is 2.94. The molecule has 8 heteroatoms. The van der Waals surface area contributed by atoms with E-state index >= 15 is 0 Å². The fourth-order valence-electron chi connectivity index (χ4n) is 2.50. The molecule has 0 radical (unpaired) electrons. The summed E-state index contributed by atoms with van der Waals surface area (Å²) in [7, 11) is 0. The molecule has 2 aromatic carbocycles. The molecule has 1 N–H and O–H groups in total. The summed E-state index contributed by atoms with van der Waals surface area (Å²) in [6, 6.07) is 17.8. The Balaban J connectivity index is 1.96. The topological polar surface area (TPSA) is 100 Å². The average molecular weight is 436 g/mol. The first-order valence-electron chi connectivity index (χ1n) is 8.19. The van der Waals surface area contributed by atoms with Gasteiger partial charge in [0.1, 0.15) is 11.6 Å². The Morgan fingerprint density at radius 3 is 2.68 bits per heavy atom. The largest absolute Gasteiger partial charge is 0.292 e. The van der Waals surface area contributed by atoms with Crippen molar-refractivity contribution >= 4 is 28.1 Å². The molecule has 0 aliphatic heterocycles. The summed E-state index contributed by atoms with van der Waals surface area (Å²) in [5, 5.41) is 17.4. The summed E-state index contributed by atoms with van der Waals surface area (Å²) < 4.78 is 1.92. The summed E-state index contributed by atoms with van der Waals surface area (Å²) in [6.45, 7) is 1.51. The van der Waals surface area contributed by atoms with Crippen molar-refractivity contribution in [3.63, 3.8) is 0 Å².